The SMILES string of the molecule is CCCCCCCOc1cnc(-c2ccc(OC(F)C(F)F)cc2)nc1. The molecule has 142 valence electrons. The molecule has 0 aliphatic heterocycles. The van der Waals surface area contributed by atoms with Crippen LogP contribution in [0.1, 0.15) is 39.0 Å². The molecule has 0 radical (unpaired) electrons. The maximum absolute atomic E-state index is 12.9. The molecule has 0 amide bonds. The standard InChI is InChI=1S/C19H23F3N2O2/c1-2-3-4-5-6-11-25-16-12-23-19(24-13-16)14-7-9-15(10-8-14)26-18(22)17(20)21/h7-10,12-13,17-18H,2-6,11H2,1H3. The second kappa shape index (κ2) is 10.6. The van der Waals surface area contributed by atoms with Crippen molar-refractivity contribution in [2.45, 2.75) is 51.8 Å². The van der Waals surface area contributed by atoms with Gasteiger partial charge in [0.05, 0.1) is 19.0 Å². The van der Waals surface area contributed by atoms with Crippen LogP contribution in [0.25, 0.3) is 11.4 Å². The van der Waals surface area contributed by atoms with Gasteiger partial charge in [0.25, 0.3) is 6.36 Å². The van der Waals surface area contributed by atoms with E-state index in [1.54, 1.807) is 24.5 Å². The van der Waals surface area contributed by atoms with E-state index in [0.29, 0.717) is 23.7 Å². The number of nitrogens with zero attached hydrogens (tertiary/aromatic N) is 2. The van der Waals surface area contributed by atoms with Gasteiger partial charge in [0.2, 0.25) is 0 Å². The van der Waals surface area contributed by atoms with Crippen LogP contribution < -0.4 is 9.47 Å². The number of benzene rings is 1. The molecule has 1 aromatic heterocycles. The van der Waals surface area contributed by atoms with E-state index in [1.165, 1.54) is 31.4 Å². The molecule has 4 nitrogen and oxygen atoms in total. The number of ether oxygens (including phenoxy) is 2. The highest BCUT2D eigenvalue weighted by Crippen LogP contribution is 2.22. The van der Waals surface area contributed by atoms with Crippen molar-refractivity contribution in [3.8, 4) is 22.9 Å². The van der Waals surface area contributed by atoms with Crippen molar-refractivity contribution in [1.82, 2.24) is 9.97 Å². The number of unbranched alkanes of at least 4 members (excludes halogenated alkanes) is 4. The van der Waals surface area contributed by atoms with Gasteiger partial charge in [-0.3, -0.25) is 0 Å². The van der Waals surface area contributed by atoms with Crippen molar-refractivity contribution in [2.24, 2.45) is 0 Å². The zero-order valence-electron chi connectivity index (χ0n) is 14.7. The summed E-state index contributed by atoms with van der Waals surface area (Å²) in [5.41, 5.74) is 0.663. The quantitative estimate of drug-likeness (QED) is 0.496. The Bertz CT molecular complexity index is 636. The second-order valence-electron chi connectivity index (χ2n) is 5.83. The third-order valence-corrected chi connectivity index (χ3v) is 3.70. The monoisotopic (exact) mass is 368 g/mol. The van der Waals surface area contributed by atoms with Crippen LogP contribution in [0.3, 0.4) is 0 Å². The van der Waals surface area contributed by atoms with Crippen molar-refractivity contribution in [3.63, 3.8) is 0 Å². The van der Waals surface area contributed by atoms with Crippen LogP contribution in [0.2, 0.25) is 0 Å². The molecular weight excluding hydrogens is 345 g/mol. The molecule has 1 aromatic carbocycles. The Labute approximate surface area is 151 Å². The summed E-state index contributed by atoms with van der Waals surface area (Å²) in [7, 11) is 0. The summed E-state index contributed by atoms with van der Waals surface area (Å²) in [4.78, 5) is 8.45. The summed E-state index contributed by atoms with van der Waals surface area (Å²) in [5, 5.41) is 0. The fourth-order valence-electron chi connectivity index (χ4n) is 2.30. The lowest BCUT2D eigenvalue weighted by atomic mass is 10.2. The van der Waals surface area contributed by atoms with E-state index in [2.05, 4.69) is 21.6 Å². The van der Waals surface area contributed by atoms with Gasteiger partial charge in [0.15, 0.2) is 11.6 Å². The largest absolute Gasteiger partial charge is 0.490 e. The van der Waals surface area contributed by atoms with Gasteiger partial charge in [0.1, 0.15) is 5.75 Å². The first-order chi connectivity index (χ1) is 12.6. The first kappa shape index (κ1) is 20.0. The zero-order chi connectivity index (χ0) is 18.8. The van der Waals surface area contributed by atoms with E-state index in [0.717, 1.165) is 12.8 Å². The summed E-state index contributed by atoms with van der Waals surface area (Å²) >= 11 is 0. The molecule has 1 atom stereocenters. The predicted molar refractivity (Wildman–Crippen MR) is 93.3 cm³/mol. The summed E-state index contributed by atoms with van der Waals surface area (Å²) < 4.78 is 47.2. The van der Waals surface area contributed by atoms with Crippen LogP contribution in [-0.2, 0) is 0 Å². The number of hydrogen-bond donors (Lipinski definition) is 0. The van der Waals surface area contributed by atoms with Gasteiger partial charge in [-0.25, -0.2) is 18.7 Å². The topological polar surface area (TPSA) is 44.2 Å². The number of aromatic nitrogens is 2. The molecular formula is C19H23F3N2O2. The highest BCUT2D eigenvalue weighted by molar-refractivity contribution is 5.56. The van der Waals surface area contributed by atoms with E-state index in [1.807, 2.05) is 0 Å². The van der Waals surface area contributed by atoms with Crippen molar-refractivity contribution in [1.29, 1.82) is 0 Å². The molecule has 0 bridgehead atoms. The molecule has 0 aliphatic rings. The zero-order valence-corrected chi connectivity index (χ0v) is 14.7. The van der Waals surface area contributed by atoms with Gasteiger partial charge >= 0.3 is 6.43 Å². The molecule has 0 saturated heterocycles. The van der Waals surface area contributed by atoms with E-state index in [4.69, 9.17) is 4.74 Å². The van der Waals surface area contributed by atoms with Crippen LogP contribution in [0.5, 0.6) is 11.5 Å². The van der Waals surface area contributed by atoms with Gasteiger partial charge in [-0.1, -0.05) is 32.6 Å². The van der Waals surface area contributed by atoms with Crippen LogP contribution in [0, 0.1) is 0 Å². The molecule has 26 heavy (non-hydrogen) atoms. The molecule has 1 heterocycles. The molecule has 2 aromatic rings. The molecule has 0 aliphatic carbocycles. The van der Waals surface area contributed by atoms with Crippen LogP contribution in [-0.4, -0.2) is 29.4 Å². The van der Waals surface area contributed by atoms with Gasteiger partial charge in [-0.2, -0.15) is 4.39 Å². The van der Waals surface area contributed by atoms with E-state index >= 15 is 0 Å². The lowest BCUT2D eigenvalue weighted by molar-refractivity contribution is -0.0668. The minimum absolute atomic E-state index is 0.0181. The van der Waals surface area contributed by atoms with Crippen LogP contribution in [0.4, 0.5) is 13.2 Å². The highest BCUT2D eigenvalue weighted by atomic mass is 19.3. The number of alkyl halides is 3. The first-order valence-electron chi connectivity index (χ1n) is 8.74. The Morgan fingerprint density at radius 1 is 0.885 bits per heavy atom. The van der Waals surface area contributed by atoms with Gasteiger partial charge in [-0.15, -0.1) is 0 Å². The smallest absolute Gasteiger partial charge is 0.304 e. The number of halogens is 3. The summed E-state index contributed by atoms with van der Waals surface area (Å²) in [6.45, 7) is 2.81. The predicted octanol–water partition coefficient (Wildman–Crippen LogP) is 5.43. The second-order valence-corrected chi connectivity index (χ2v) is 5.83. The van der Waals surface area contributed by atoms with Crippen molar-refractivity contribution >= 4 is 0 Å². The van der Waals surface area contributed by atoms with E-state index in [-0.39, 0.29) is 5.75 Å². The molecule has 2 rings (SSSR count). The van der Waals surface area contributed by atoms with Gasteiger partial charge < -0.3 is 9.47 Å². The third kappa shape index (κ3) is 6.54. The maximum atomic E-state index is 12.9. The number of hydrogen-bond acceptors (Lipinski definition) is 4. The fourth-order valence-corrected chi connectivity index (χ4v) is 2.30. The fraction of sp³-hybridized carbons (Fsp3) is 0.474. The molecule has 0 N–H and O–H groups in total. The Hall–Kier alpha value is -2.31. The van der Waals surface area contributed by atoms with Gasteiger partial charge in [-0.05, 0) is 30.7 Å². The average molecular weight is 368 g/mol. The first-order valence-corrected chi connectivity index (χ1v) is 8.74. The van der Waals surface area contributed by atoms with Crippen molar-refractivity contribution in [2.75, 3.05) is 6.61 Å². The summed E-state index contributed by atoms with van der Waals surface area (Å²) in [5.74, 6) is 1.07. The lowest BCUT2D eigenvalue weighted by Gasteiger charge is -2.10. The van der Waals surface area contributed by atoms with Crippen LogP contribution in [0.15, 0.2) is 36.7 Å². The van der Waals surface area contributed by atoms with Gasteiger partial charge in [0, 0.05) is 5.56 Å². The normalized spacial score (nSPS) is 12.2. The average Bonchev–Trinajstić information content (AvgIpc) is 2.65. The summed E-state index contributed by atoms with van der Waals surface area (Å²) in [6.07, 6.45) is 3.17. The Balaban J connectivity index is 1.84. The third-order valence-electron chi connectivity index (χ3n) is 3.70. The minimum atomic E-state index is -3.18. The van der Waals surface area contributed by atoms with E-state index in [9.17, 15) is 13.2 Å². The Kier molecular flexibility index (Phi) is 8.18. The maximum Gasteiger partial charge on any atom is 0.304 e. The molecule has 0 fully saturated rings. The molecule has 1 unspecified atom stereocenters. The summed E-state index contributed by atoms with van der Waals surface area (Å²) in [6, 6.07) is 5.96. The van der Waals surface area contributed by atoms with Crippen molar-refractivity contribution in [3.05, 3.63) is 36.7 Å². The van der Waals surface area contributed by atoms with Crippen molar-refractivity contribution < 1.29 is 22.6 Å². The Morgan fingerprint density at radius 2 is 1.54 bits per heavy atom. The highest BCUT2D eigenvalue weighted by Gasteiger charge is 2.20. The lowest BCUT2D eigenvalue weighted by Crippen LogP contribution is -2.19. The van der Waals surface area contributed by atoms with E-state index < -0.39 is 12.8 Å². The Morgan fingerprint density at radius 3 is 2.15 bits per heavy atom. The number of rotatable bonds is 11. The van der Waals surface area contributed by atoms with Crippen LogP contribution >= 0.6 is 0 Å². The minimum Gasteiger partial charge on any atom is -0.490 e. The molecule has 7 heteroatoms. The molecule has 0 saturated carbocycles. The molecule has 0 spiro atoms.